The van der Waals surface area contributed by atoms with Crippen LogP contribution in [0, 0.1) is 0 Å². The standard InChI is InChI=1S/C56H109NO5/c1-3-5-7-9-11-13-15-17-19-20-22-24-28-32-36-40-44-48-54(59)53(52-58)57-55(60)49-45-41-37-33-29-25-23-27-31-35-39-43-47-51-62-56(61)50-46-42-38-34-30-26-21-18-16-14-12-10-8-6-4-2/h44,48,53-54,58-59H,3-43,45-47,49-52H2,1-2H3,(H,57,60)/b48-44+. The van der Waals surface area contributed by atoms with Crippen LogP contribution < -0.4 is 5.32 Å². The lowest BCUT2D eigenvalue weighted by molar-refractivity contribution is -0.143. The van der Waals surface area contributed by atoms with E-state index < -0.39 is 12.1 Å². The zero-order valence-electron chi connectivity index (χ0n) is 41.9. The number of carbonyl (C=O) groups excluding carboxylic acids is 2. The molecule has 0 aliphatic heterocycles. The Morgan fingerprint density at radius 2 is 0.742 bits per heavy atom. The molecule has 0 heterocycles. The number of esters is 1. The molecule has 0 radical (unpaired) electrons. The Morgan fingerprint density at radius 3 is 1.10 bits per heavy atom. The second-order valence-corrected chi connectivity index (χ2v) is 19.3. The van der Waals surface area contributed by atoms with Crippen LogP contribution in [0.2, 0.25) is 0 Å². The van der Waals surface area contributed by atoms with E-state index in [0.29, 0.717) is 19.4 Å². The van der Waals surface area contributed by atoms with Gasteiger partial charge < -0.3 is 20.3 Å². The van der Waals surface area contributed by atoms with E-state index in [1.807, 2.05) is 6.08 Å². The molecule has 2 unspecified atom stereocenters. The SMILES string of the molecule is CCCCCCCCCCCCCCCCC/C=C/C(O)C(CO)NC(=O)CCCCCCCCCCCCCCCOC(=O)CCCCCCCCCCCCCCCCC. The normalized spacial score (nSPS) is 12.6. The first kappa shape index (κ1) is 60.6. The van der Waals surface area contributed by atoms with E-state index in [-0.39, 0.29) is 18.5 Å². The van der Waals surface area contributed by atoms with Crippen LogP contribution in [0.3, 0.4) is 0 Å². The molecule has 0 aliphatic carbocycles. The van der Waals surface area contributed by atoms with Gasteiger partial charge in [0.15, 0.2) is 0 Å². The smallest absolute Gasteiger partial charge is 0.305 e. The number of allylic oxidation sites excluding steroid dienone is 1. The molecule has 1 amide bonds. The Morgan fingerprint density at radius 1 is 0.435 bits per heavy atom. The summed E-state index contributed by atoms with van der Waals surface area (Å²) in [6.07, 6.45) is 60.7. The largest absolute Gasteiger partial charge is 0.466 e. The molecule has 0 aliphatic rings. The molecule has 62 heavy (non-hydrogen) atoms. The predicted molar refractivity (Wildman–Crippen MR) is 269 cm³/mol. The highest BCUT2D eigenvalue weighted by Gasteiger charge is 2.18. The van der Waals surface area contributed by atoms with Gasteiger partial charge in [0.1, 0.15) is 0 Å². The molecule has 0 fully saturated rings. The molecule has 0 bridgehead atoms. The summed E-state index contributed by atoms with van der Waals surface area (Å²) in [5, 5.41) is 23.1. The molecule has 0 aromatic rings. The first-order chi connectivity index (χ1) is 30.5. The van der Waals surface area contributed by atoms with Crippen LogP contribution in [0.1, 0.15) is 309 Å². The van der Waals surface area contributed by atoms with Crippen molar-refractivity contribution in [1.82, 2.24) is 5.32 Å². The van der Waals surface area contributed by atoms with Crippen molar-refractivity contribution in [3.63, 3.8) is 0 Å². The van der Waals surface area contributed by atoms with Crippen LogP contribution in [-0.2, 0) is 14.3 Å². The summed E-state index contributed by atoms with van der Waals surface area (Å²) in [6, 6.07) is -0.636. The number of aliphatic hydroxyl groups is 2. The molecule has 0 aromatic carbocycles. The van der Waals surface area contributed by atoms with Crippen LogP contribution >= 0.6 is 0 Å². The van der Waals surface area contributed by atoms with Crippen molar-refractivity contribution in [2.75, 3.05) is 13.2 Å². The number of carbonyl (C=O) groups is 2. The van der Waals surface area contributed by atoms with Gasteiger partial charge in [0.05, 0.1) is 25.4 Å². The van der Waals surface area contributed by atoms with Gasteiger partial charge in [-0.2, -0.15) is 0 Å². The van der Waals surface area contributed by atoms with Crippen LogP contribution in [0.4, 0.5) is 0 Å². The van der Waals surface area contributed by atoms with Crippen LogP contribution in [0.15, 0.2) is 12.2 Å². The van der Waals surface area contributed by atoms with E-state index in [1.54, 1.807) is 6.08 Å². The van der Waals surface area contributed by atoms with Gasteiger partial charge in [0.25, 0.3) is 0 Å². The number of unbranched alkanes of at least 4 members (excludes halogenated alkanes) is 41. The molecule has 2 atom stereocenters. The maximum absolute atomic E-state index is 12.5. The topological polar surface area (TPSA) is 95.9 Å². The highest BCUT2D eigenvalue weighted by Crippen LogP contribution is 2.17. The van der Waals surface area contributed by atoms with Crippen LogP contribution in [0.5, 0.6) is 0 Å². The van der Waals surface area contributed by atoms with Gasteiger partial charge in [0.2, 0.25) is 5.91 Å². The average Bonchev–Trinajstić information content (AvgIpc) is 3.27. The molecular formula is C56H109NO5. The molecule has 0 saturated carbocycles. The lowest BCUT2D eigenvalue weighted by Crippen LogP contribution is -2.45. The van der Waals surface area contributed by atoms with E-state index in [4.69, 9.17) is 4.74 Å². The maximum atomic E-state index is 12.5. The third kappa shape index (κ3) is 48.1. The Balaban J connectivity index is 3.47. The number of hydrogen-bond donors (Lipinski definition) is 3. The number of hydrogen-bond acceptors (Lipinski definition) is 5. The molecule has 0 spiro atoms. The Hall–Kier alpha value is -1.40. The minimum Gasteiger partial charge on any atom is -0.466 e. The highest BCUT2D eigenvalue weighted by atomic mass is 16.5. The van der Waals surface area contributed by atoms with Crippen molar-refractivity contribution < 1.29 is 24.5 Å². The van der Waals surface area contributed by atoms with Crippen molar-refractivity contribution in [3.8, 4) is 0 Å². The number of ether oxygens (including phenoxy) is 1. The third-order valence-corrected chi connectivity index (χ3v) is 13.1. The second kappa shape index (κ2) is 52.2. The molecule has 0 rings (SSSR count). The number of aliphatic hydroxyl groups excluding tert-OH is 2. The van der Waals surface area contributed by atoms with Gasteiger partial charge in [-0.25, -0.2) is 0 Å². The molecule has 3 N–H and O–H groups in total. The lowest BCUT2D eigenvalue weighted by atomic mass is 10.0. The van der Waals surface area contributed by atoms with Gasteiger partial charge in [-0.3, -0.25) is 9.59 Å². The molecular weight excluding hydrogens is 767 g/mol. The second-order valence-electron chi connectivity index (χ2n) is 19.3. The fourth-order valence-corrected chi connectivity index (χ4v) is 8.75. The summed E-state index contributed by atoms with van der Waals surface area (Å²) in [4.78, 5) is 24.5. The van der Waals surface area contributed by atoms with Crippen molar-refractivity contribution in [3.05, 3.63) is 12.2 Å². The van der Waals surface area contributed by atoms with E-state index >= 15 is 0 Å². The predicted octanol–water partition coefficient (Wildman–Crippen LogP) is 16.9. The Labute approximate surface area is 387 Å². The zero-order valence-corrected chi connectivity index (χ0v) is 41.9. The summed E-state index contributed by atoms with van der Waals surface area (Å²) >= 11 is 0. The van der Waals surface area contributed by atoms with Crippen LogP contribution in [-0.4, -0.2) is 47.4 Å². The molecule has 0 saturated heterocycles. The summed E-state index contributed by atoms with van der Waals surface area (Å²) in [7, 11) is 0. The zero-order chi connectivity index (χ0) is 45.1. The van der Waals surface area contributed by atoms with Gasteiger partial charge in [0, 0.05) is 12.8 Å². The van der Waals surface area contributed by atoms with Gasteiger partial charge in [-0.1, -0.05) is 276 Å². The fraction of sp³-hybridized carbons (Fsp3) is 0.929. The van der Waals surface area contributed by atoms with Crippen molar-refractivity contribution in [1.29, 1.82) is 0 Å². The Bertz CT molecular complexity index is 924. The summed E-state index contributed by atoms with van der Waals surface area (Å²) in [5.41, 5.74) is 0. The van der Waals surface area contributed by atoms with Gasteiger partial charge in [-0.05, 0) is 32.1 Å². The maximum Gasteiger partial charge on any atom is 0.305 e. The molecule has 368 valence electrons. The van der Waals surface area contributed by atoms with Gasteiger partial charge >= 0.3 is 5.97 Å². The minimum atomic E-state index is -0.852. The summed E-state index contributed by atoms with van der Waals surface area (Å²) in [5.74, 6) is -0.0817. The molecule has 0 aromatic heterocycles. The quantitative estimate of drug-likeness (QED) is 0.0321. The van der Waals surface area contributed by atoms with E-state index in [1.165, 1.54) is 225 Å². The third-order valence-electron chi connectivity index (χ3n) is 13.1. The van der Waals surface area contributed by atoms with E-state index in [9.17, 15) is 19.8 Å². The monoisotopic (exact) mass is 876 g/mol. The minimum absolute atomic E-state index is 0.00344. The first-order valence-electron chi connectivity index (χ1n) is 28.0. The van der Waals surface area contributed by atoms with Crippen LogP contribution in [0.25, 0.3) is 0 Å². The van der Waals surface area contributed by atoms with Crippen molar-refractivity contribution in [2.45, 2.75) is 321 Å². The van der Waals surface area contributed by atoms with E-state index in [2.05, 4.69) is 19.2 Å². The first-order valence-corrected chi connectivity index (χ1v) is 28.0. The van der Waals surface area contributed by atoms with E-state index in [0.717, 1.165) is 57.8 Å². The lowest BCUT2D eigenvalue weighted by Gasteiger charge is -2.20. The number of nitrogens with one attached hydrogen (secondary N) is 1. The summed E-state index contributed by atoms with van der Waals surface area (Å²) < 4.78 is 5.47. The molecule has 6 heteroatoms. The number of amides is 1. The summed E-state index contributed by atoms with van der Waals surface area (Å²) in [6.45, 7) is 4.90. The van der Waals surface area contributed by atoms with Crippen molar-refractivity contribution in [2.24, 2.45) is 0 Å². The fourth-order valence-electron chi connectivity index (χ4n) is 8.75. The Kier molecular flexibility index (Phi) is 51.0. The van der Waals surface area contributed by atoms with Gasteiger partial charge in [-0.15, -0.1) is 0 Å². The number of rotatable bonds is 52. The average molecular weight is 876 g/mol. The van der Waals surface area contributed by atoms with Crippen molar-refractivity contribution >= 4 is 11.9 Å². The molecule has 6 nitrogen and oxygen atoms in total. The highest BCUT2D eigenvalue weighted by molar-refractivity contribution is 5.76.